The van der Waals surface area contributed by atoms with Gasteiger partial charge >= 0.3 is 0 Å². The van der Waals surface area contributed by atoms with E-state index >= 15 is 0 Å². The Morgan fingerprint density at radius 1 is 1.15 bits per heavy atom. The van der Waals surface area contributed by atoms with Crippen molar-refractivity contribution in [3.05, 3.63) is 52.5 Å². The van der Waals surface area contributed by atoms with E-state index in [1.54, 1.807) is 0 Å². The van der Waals surface area contributed by atoms with Crippen LogP contribution in [-0.2, 0) is 0 Å². The van der Waals surface area contributed by atoms with Gasteiger partial charge in [0.05, 0.1) is 6.04 Å². The summed E-state index contributed by atoms with van der Waals surface area (Å²) >= 11 is 1.83. The lowest BCUT2D eigenvalue weighted by atomic mass is 10.0. The number of nitrogens with one attached hydrogen (secondary N) is 1. The Bertz CT molecular complexity index is 472. The number of aromatic nitrogens is 1. The van der Waals surface area contributed by atoms with Crippen LogP contribution in [0.2, 0.25) is 0 Å². The molecule has 1 aliphatic heterocycles. The number of pyridine rings is 1. The molecule has 1 saturated heterocycles. The Balaban J connectivity index is 0.000001000. The highest BCUT2D eigenvalue weighted by atomic mass is 35.5. The summed E-state index contributed by atoms with van der Waals surface area (Å²) in [6, 6.07) is 8.92. The van der Waals surface area contributed by atoms with Gasteiger partial charge in [0.1, 0.15) is 0 Å². The van der Waals surface area contributed by atoms with Crippen molar-refractivity contribution >= 4 is 36.2 Å². The van der Waals surface area contributed by atoms with E-state index in [9.17, 15) is 0 Å². The van der Waals surface area contributed by atoms with Gasteiger partial charge in [-0.2, -0.15) is 0 Å². The summed E-state index contributed by atoms with van der Waals surface area (Å²) in [5.41, 5.74) is 1.29. The maximum absolute atomic E-state index is 4.27. The molecule has 0 aliphatic carbocycles. The van der Waals surface area contributed by atoms with E-state index in [1.807, 2.05) is 29.8 Å². The standard InChI is InChI=1S/C14H17N3S.2ClH/c1-3-12(11-16-5-1)14(13-4-2-10-18-13)17-8-6-15-7-9-17;;/h1-5,10-11,14-15H,6-9H2;2*1H/t14-;;/m1../s1. The van der Waals surface area contributed by atoms with E-state index in [0.717, 1.165) is 26.2 Å². The van der Waals surface area contributed by atoms with Gasteiger partial charge in [0.25, 0.3) is 0 Å². The van der Waals surface area contributed by atoms with E-state index in [2.05, 4.69) is 38.8 Å². The number of rotatable bonds is 3. The molecular weight excluding hydrogens is 313 g/mol. The summed E-state index contributed by atoms with van der Waals surface area (Å²) < 4.78 is 0. The molecule has 0 spiro atoms. The highest BCUT2D eigenvalue weighted by molar-refractivity contribution is 7.10. The second kappa shape index (κ2) is 8.60. The maximum atomic E-state index is 4.27. The van der Waals surface area contributed by atoms with E-state index in [4.69, 9.17) is 0 Å². The average Bonchev–Trinajstić information content (AvgIpc) is 2.95. The van der Waals surface area contributed by atoms with Crippen molar-refractivity contribution in [2.24, 2.45) is 0 Å². The van der Waals surface area contributed by atoms with Crippen LogP contribution in [-0.4, -0.2) is 36.1 Å². The van der Waals surface area contributed by atoms with Crippen LogP contribution in [0.25, 0.3) is 0 Å². The number of halogens is 2. The topological polar surface area (TPSA) is 28.2 Å². The Kier molecular flexibility index (Phi) is 7.48. The summed E-state index contributed by atoms with van der Waals surface area (Å²) in [6.07, 6.45) is 3.83. The van der Waals surface area contributed by atoms with Gasteiger partial charge in [0.2, 0.25) is 0 Å². The number of nitrogens with zero attached hydrogens (tertiary/aromatic N) is 2. The van der Waals surface area contributed by atoms with Crippen molar-refractivity contribution in [3.8, 4) is 0 Å². The van der Waals surface area contributed by atoms with Gasteiger partial charge < -0.3 is 5.32 Å². The van der Waals surface area contributed by atoms with Crippen LogP contribution in [0.15, 0.2) is 42.0 Å². The molecule has 20 heavy (non-hydrogen) atoms. The summed E-state index contributed by atoms with van der Waals surface area (Å²) in [6.45, 7) is 4.33. The van der Waals surface area contributed by atoms with Crippen LogP contribution in [0.4, 0.5) is 0 Å². The molecule has 0 unspecified atom stereocenters. The van der Waals surface area contributed by atoms with Crippen molar-refractivity contribution in [2.75, 3.05) is 26.2 Å². The molecule has 2 aromatic rings. The molecule has 1 aliphatic rings. The van der Waals surface area contributed by atoms with Crippen molar-refractivity contribution in [1.82, 2.24) is 15.2 Å². The van der Waals surface area contributed by atoms with Gasteiger partial charge in [-0.15, -0.1) is 36.2 Å². The molecular formula is C14H19Cl2N3S. The fourth-order valence-corrected chi connectivity index (χ4v) is 3.37. The molecule has 3 heterocycles. The Morgan fingerprint density at radius 3 is 2.55 bits per heavy atom. The number of piperazine rings is 1. The summed E-state index contributed by atoms with van der Waals surface area (Å²) in [5.74, 6) is 0. The maximum Gasteiger partial charge on any atom is 0.0711 e. The minimum atomic E-state index is 0. The third kappa shape index (κ3) is 3.93. The number of thiophene rings is 1. The molecule has 0 amide bonds. The molecule has 0 radical (unpaired) electrons. The first kappa shape index (κ1) is 17.4. The normalized spacial score (nSPS) is 16.8. The van der Waals surface area contributed by atoms with Gasteiger partial charge in [-0.3, -0.25) is 9.88 Å². The minimum Gasteiger partial charge on any atom is -0.314 e. The van der Waals surface area contributed by atoms with Crippen LogP contribution >= 0.6 is 36.2 Å². The van der Waals surface area contributed by atoms with Crippen LogP contribution in [0, 0.1) is 0 Å². The fraction of sp³-hybridized carbons (Fsp3) is 0.357. The Labute approximate surface area is 136 Å². The first-order valence-corrected chi connectivity index (χ1v) is 7.21. The van der Waals surface area contributed by atoms with Gasteiger partial charge in [-0.1, -0.05) is 12.1 Å². The molecule has 110 valence electrons. The zero-order valence-corrected chi connectivity index (χ0v) is 13.5. The van der Waals surface area contributed by atoms with Crippen molar-refractivity contribution in [3.63, 3.8) is 0 Å². The monoisotopic (exact) mass is 331 g/mol. The third-order valence-corrected chi connectivity index (χ3v) is 4.25. The zero-order valence-electron chi connectivity index (χ0n) is 11.1. The van der Waals surface area contributed by atoms with Crippen LogP contribution in [0.3, 0.4) is 0 Å². The molecule has 2 aromatic heterocycles. The van der Waals surface area contributed by atoms with Crippen LogP contribution < -0.4 is 5.32 Å². The summed E-state index contributed by atoms with van der Waals surface area (Å²) in [4.78, 5) is 8.22. The largest absolute Gasteiger partial charge is 0.314 e. The van der Waals surface area contributed by atoms with Gasteiger partial charge in [0, 0.05) is 43.4 Å². The second-order valence-corrected chi connectivity index (χ2v) is 5.47. The SMILES string of the molecule is Cl.Cl.c1cncc([C@H](c2cccs2)N2CCNCC2)c1. The fourth-order valence-electron chi connectivity index (χ4n) is 2.48. The van der Waals surface area contributed by atoms with E-state index in [-0.39, 0.29) is 24.8 Å². The lowest BCUT2D eigenvalue weighted by Crippen LogP contribution is -2.45. The average molecular weight is 332 g/mol. The Morgan fingerprint density at radius 2 is 1.95 bits per heavy atom. The summed E-state index contributed by atoms with van der Waals surface area (Å²) in [5, 5.41) is 5.57. The molecule has 0 aromatic carbocycles. The molecule has 0 bridgehead atoms. The Hall–Kier alpha value is -0.650. The first-order valence-electron chi connectivity index (χ1n) is 6.33. The van der Waals surface area contributed by atoms with Crippen molar-refractivity contribution in [2.45, 2.75) is 6.04 Å². The smallest absolute Gasteiger partial charge is 0.0711 e. The lowest BCUT2D eigenvalue weighted by molar-refractivity contribution is 0.200. The minimum absolute atomic E-state index is 0. The molecule has 1 atom stereocenters. The van der Waals surface area contributed by atoms with Crippen LogP contribution in [0.5, 0.6) is 0 Å². The third-order valence-electron chi connectivity index (χ3n) is 3.33. The lowest BCUT2D eigenvalue weighted by Gasteiger charge is -2.34. The second-order valence-electron chi connectivity index (χ2n) is 4.49. The zero-order chi connectivity index (χ0) is 12.2. The first-order chi connectivity index (χ1) is 8.95. The molecule has 1 fully saturated rings. The van der Waals surface area contributed by atoms with Crippen molar-refractivity contribution < 1.29 is 0 Å². The molecule has 3 rings (SSSR count). The molecule has 1 N–H and O–H groups in total. The predicted molar refractivity (Wildman–Crippen MR) is 89.3 cm³/mol. The quantitative estimate of drug-likeness (QED) is 0.937. The predicted octanol–water partition coefficient (Wildman–Crippen LogP) is 2.98. The highest BCUT2D eigenvalue weighted by Crippen LogP contribution is 2.31. The van der Waals surface area contributed by atoms with Crippen LogP contribution in [0.1, 0.15) is 16.5 Å². The summed E-state index contributed by atoms with van der Waals surface area (Å²) in [7, 11) is 0. The van der Waals surface area contributed by atoms with E-state index < -0.39 is 0 Å². The highest BCUT2D eigenvalue weighted by Gasteiger charge is 2.24. The molecule has 3 nitrogen and oxygen atoms in total. The van der Waals surface area contributed by atoms with Gasteiger partial charge in [-0.25, -0.2) is 0 Å². The number of hydrogen-bond acceptors (Lipinski definition) is 4. The molecule has 0 saturated carbocycles. The van der Waals surface area contributed by atoms with E-state index in [1.165, 1.54) is 10.4 Å². The van der Waals surface area contributed by atoms with E-state index in [0.29, 0.717) is 6.04 Å². The van der Waals surface area contributed by atoms with Crippen molar-refractivity contribution in [1.29, 1.82) is 0 Å². The van der Waals surface area contributed by atoms with Gasteiger partial charge in [0.15, 0.2) is 0 Å². The molecule has 6 heteroatoms. The van der Waals surface area contributed by atoms with Gasteiger partial charge in [-0.05, 0) is 23.1 Å². The number of hydrogen-bond donors (Lipinski definition) is 1.